The summed E-state index contributed by atoms with van der Waals surface area (Å²) in [7, 11) is 0. The van der Waals surface area contributed by atoms with Gasteiger partial charge in [-0.05, 0) is 61.0 Å². The fourth-order valence-corrected chi connectivity index (χ4v) is 3.96. The fourth-order valence-electron chi connectivity index (χ4n) is 3.96. The van der Waals surface area contributed by atoms with Gasteiger partial charge in [-0.3, -0.25) is 4.79 Å². The Labute approximate surface area is 203 Å². The molecule has 3 amide bonds. The molecule has 1 atom stereocenters. The maximum Gasteiger partial charge on any atom is 0.323 e. The zero-order valence-corrected chi connectivity index (χ0v) is 19.1. The van der Waals surface area contributed by atoms with Crippen molar-refractivity contribution in [1.82, 2.24) is 5.01 Å². The molecule has 3 aromatic carbocycles. The first-order valence-corrected chi connectivity index (χ1v) is 11.3. The average Bonchev–Trinajstić information content (AvgIpc) is 3.55. The Hall–Kier alpha value is -4.65. The molecule has 0 aliphatic carbocycles. The summed E-state index contributed by atoms with van der Waals surface area (Å²) in [6.07, 6.45) is 2.12. The summed E-state index contributed by atoms with van der Waals surface area (Å²) >= 11 is 0. The number of hydrogen-bond acceptors (Lipinski definition) is 4. The molecular weight excluding hydrogens is 440 g/mol. The number of urea groups is 1. The number of benzene rings is 3. The van der Waals surface area contributed by atoms with Crippen molar-refractivity contribution >= 4 is 29.0 Å². The Morgan fingerprint density at radius 2 is 1.54 bits per heavy atom. The van der Waals surface area contributed by atoms with Gasteiger partial charge in [-0.25, -0.2) is 9.80 Å². The lowest BCUT2D eigenvalue weighted by molar-refractivity contribution is 0.0693. The number of carbonyl (C=O) groups is 2. The van der Waals surface area contributed by atoms with Gasteiger partial charge in [0.2, 0.25) is 0 Å². The van der Waals surface area contributed by atoms with Gasteiger partial charge in [0, 0.05) is 23.4 Å². The van der Waals surface area contributed by atoms with Crippen molar-refractivity contribution in [3.63, 3.8) is 0 Å². The number of carbonyl (C=O) groups excluding carboxylic acids is 2. The van der Waals surface area contributed by atoms with Gasteiger partial charge in [0.25, 0.3) is 5.91 Å². The number of para-hydroxylation sites is 1. The molecule has 1 aliphatic heterocycles. The molecule has 0 bridgehead atoms. The number of aryl methyl sites for hydroxylation is 1. The molecule has 174 valence electrons. The molecular formula is C28H24N4O3. The number of nitrogens with zero attached hydrogens (tertiary/aromatic N) is 2. The minimum atomic E-state index is -0.330. The van der Waals surface area contributed by atoms with Crippen molar-refractivity contribution in [3.8, 4) is 0 Å². The summed E-state index contributed by atoms with van der Waals surface area (Å²) in [4.78, 5) is 25.6. The number of amides is 3. The predicted octanol–water partition coefficient (Wildman–Crippen LogP) is 6.22. The van der Waals surface area contributed by atoms with Crippen LogP contribution in [0, 0.1) is 6.92 Å². The van der Waals surface area contributed by atoms with Crippen LogP contribution in [-0.2, 0) is 0 Å². The van der Waals surface area contributed by atoms with E-state index in [0.717, 1.165) is 16.8 Å². The van der Waals surface area contributed by atoms with Gasteiger partial charge < -0.3 is 15.1 Å². The lowest BCUT2D eigenvalue weighted by Gasteiger charge is -2.20. The normalized spacial score (nSPS) is 14.9. The molecule has 7 nitrogen and oxygen atoms in total. The van der Waals surface area contributed by atoms with Crippen LogP contribution in [-0.4, -0.2) is 22.7 Å². The highest BCUT2D eigenvalue weighted by Gasteiger charge is 2.35. The quantitative estimate of drug-likeness (QED) is 0.367. The zero-order chi connectivity index (χ0) is 24.2. The lowest BCUT2D eigenvalue weighted by Crippen LogP contribution is -2.26. The van der Waals surface area contributed by atoms with E-state index >= 15 is 0 Å². The van der Waals surface area contributed by atoms with Crippen LogP contribution in [0.2, 0.25) is 0 Å². The first-order valence-electron chi connectivity index (χ1n) is 11.3. The van der Waals surface area contributed by atoms with Crippen LogP contribution in [0.25, 0.3) is 0 Å². The van der Waals surface area contributed by atoms with Gasteiger partial charge in [0.1, 0.15) is 11.8 Å². The van der Waals surface area contributed by atoms with E-state index in [4.69, 9.17) is 4.42 Å². The maximum absolute atomic E-state index is 13.3. The lowest BCUT2D eigenvalue weighted by atomic mass is 10.0. The van der Waals surface area contributed by atoms with E-state index in [1.54, 1.807) is 6.26 Å². The molecule has 2 N–H and O–H groups in total. The monoisotopic (exact) mass is 464 g/mol. The van der Waals surface area contributed by atoms with Gasteiger partial charge in [-0.15, -0.1) is 0 Å². The Balaban J connectivity index is 1.33. The Bertz CT molecular complexity index is 1350. The fraction of sp³-hybridized carbons (Fsp3) is 0.107. The number of hydrazone groups is 1. The summed E-state index contributed by atoms with van der Waals surface area (Å²) < 4.78 is 5.63. The molecule has 1 unspecified atom stereocenters. The largest absolute Gasteiger partial charge is 0.467 e. The van der Waals surface area contributed by atoms with E-state index in [-0.39, 0.29) is 18.0 Å². The molecule has 1 aliphatic rings. The van der Waals surface area contributed by atoms with E-state index in [1.807, 2.05) is 97.9 Å². The second kappa shape index (κ2) is 9.69. The summed E-state index contributed by atoms with van der Waals surface area (Å²) in [6, 6.07) is 27.1. The molecule has 4 aromatic rings. The Morgan fingerprint density at radius 1 is 0.857 bits per heavy atom. The minimum absolute atomic E-state index is 0.183. The van der Waals surface area contributed by atoms with E-state index < -0.39 is 0 Å². The van der Waals surface area contributed by atoms with Crippen LogP contribution < -0.4 is 10.6 Å². The van der Waals surface area contributed by atoms with Crippen molar-refractivity contribution in [2.45, 2.75) is 19.4 Å². The number of furan rings is 1. The zero-order valence-electron chi connectivity index (χ0n) is 19.1. The maximum atomic E-state index is 13.3. The Kier molecular flexibility index (Phi) is 6.13. The van der Waals surface area contributed by atoms with E-state index in [0.29, 0.717) is 29.1 Å². The van der Waals surface area contributed by atoms with Crippen LogP contribution in [0.1, 0.15) is 39.7 Å². The molecule has 0 radical (unpaired) electrons. The van der Waals surface area contributed by atoms with Crippen molar-refractivity contribution < 1.29 is 14.0 Å². The molecule has 5 rings (SSSR count). The number of nitrogens with one attached hydrogen (secondary N) is 2. The van der Waals surface area contributed by atoms with Gasteiger partial charge >= 0.3 is 6.03 Å². The Morgan fingerprint density at radius 3 is 2.20 bits per heavy atom. The van der Waals surface area contributed by atoms with Gasteiger partial charge in [-0.2, -0.15) is 5.10 Å². The molecule has 0 saturated heterocycles. The molecule has 0 fully saturated rings. The van der Waals surface area contributed by atoms with Gasteiger partial charge in [0.15, 0.2) is 0 Å². The molecule has 0 saturated carbocycles. The summed E-state index contributed by atoms with van der Waals surface area (Å²) in [5, 5.41) is 11.8. The van der Waals surface area contributed by atoms with Crippen LogP contribution in [0.3, 0.4) is 0 Å². The summed E-state index contributed by atoms with van der Waals surface area (Å²) in [5.74, 6) is 0.498. The molecule has 1 aromatic heterocycles. The number of anilines is 2. The first-order chi connectivity index (χ1) is 17.1. The SMILES string of the molecule is Cc1ccc(C(=O)N2N=C(c3ccc(NC(=O)Nc4ccccc4)cc3)CC2c2ccco2)cc1. The second-order valence-electron chi connectivity index (χ2n) is 8.32. The van der Waals surface area contributed by atoms with Gasteiger partial charge in [-0.1, -0.05) is 48.0 Å². The van der Waals surface area contributed by atoms with Crippen molar-refractivity contribution in [3.05, 3.63) is 120 Å². The predicted molar refractivity (Wildman–Crippen MR) is 135 cm³/mol. The number of rotatable bonds is 5. The second-order valence-corrected chi connectivity index (χ2v) is 8.32. The topological polar surface area (TPSA) is 86.9 Å². The van der Waals surface area contributed by atoms with E-state index in [9.17, 15) is 9.59 Å². The third kappa shape index (κ3) is 4.99. The smallest absolute Gasteiger partial charge is 0.323 e. The van der Waals surface area contributed by atoms with Crippen LogP contribution in [0.4, 0.5) is 16.2 Å². The van der Waals surface area contributed by atoms with Crippen molar-refractivity contribution in [2.24, 2.45) is 5.10 Å². The molecule has 35 heavy (non-hydrogen) atoms. The van der Waals surface area contributed by atoms with E-state index in [1.165, 1.54) is 5.01 Å². The van der Waals surface area contributed by atoms with Gasteiger partial charge in [0.05, 0.1) is 12.0 Å². The summed E-state index contributed by atoms with van der Waals surface area (Å²) in [5.41, 5.74) is 4.66. The third-order valence-electron chi connectivity index (χ3n) is 5.80. The highest BCUT2D eigenvalue weighted by Crippen LogP contribution is 2.34. The highest BCUT2D eigenvalue weighted by atomic mass is 16.3. The molecule has 2 heterocycles. The highest BCUT2D eigenvalue weighted by molar-refractivity contribution is 6.05. The number of hydrogen-bond donors (Lipinski definition) is 2. The van der Waals surface area contributed by atoms with Crippen molar-refractivity contribution in [1.29, 1.82) is 0 Å². The standard InChI is InChI=1S/C28H24N4O3/c1-19-9-11-21(12-10-19)27(33)32-25(26-8-5-17-35-26)18-24(31-32)20-13-15-23(16-14-20)30-28(34)29-22-6-3-2-4-7-22/h2-17,25H,18H2,1H3,(H2,29,30,34). The minimum Gasteiger partial charge on any atom is -0.467 e. The van der Waals surface area contributed by atoms with Crippen LogP contribution >= 0.6 is 0 Å². The van der Waals surface area contributed by atoms with Crippen LogP contribution in [0.5, 0.6) is 0 Å². The average molecular weight is 465 g/mol. The third-order valence-corrected chi connectivity index (χ3v) is 5.80. The first kappa shape index (κ1) is 22.2. The van der Waals surface area contributed by atoms with Crippen LogP contribution in [0.15, 0.2) is 107 Å². The van der Waals surface area contributed by atoms with Crippen molar-refractivity contribution in [2.75, 3.05) is 10.6 Å². The van der Waals surface area contributed by atoms with E-state index in [2.05, 4.69) is 15.7 Å². The summed E-state index contributed by atoms with van der Waals surface area (Å²) in [6.45, 7) is 1.98. The molecule has 7 heteroatoms. The molecule has 0 spiro atoms.